The van der Waals surface area contributed by atoms with E-state index in [1.807, 2.05) is 54.6 Å². The van der Waals surface area contributed by atoms with E-state index in [-0.39, 0.29) is 25.3 Å². The number of hydrogen-bond acceptors (Lipinski definition) is 6. The van der Waals surface area contributed by atoms with Gasteiger partial charge in [-0.15, -0.1) is 0 Å². The van der Waals surface area contributed by atoms with Crippen molar-refractivity contribution < 1.29 is 28.3 Å². The molecule has 3 aromatic carbocycles. The van der Waals surface area contributed by atoms with E-state index in [0.29, 0.717) is 0 Å². The lowest BCUT2D eigenvalue weighted by Crippen LogP contribution is -2.47. The summed E-state index contributed by atoms with van der Waals surface area (Å²) in [6.07, 6.45) is -0.226. The third-order valence-electron chi connectivity index (χ3n) is 5.06. The molecule has 1 unspecified atom stereocenters. The summed E-state index contributed by atoms with van der Waals surface area (Å²) in [4.78, 5) is 34.8. The van der Waals surface area contributed by atoms with Gasteiger partial charge in [0.15, 0.2) is 0 Å². The zero-order valence-electron chi connectivity index (χ0n) is 19.4. The van der Waals surface area contributed by atoms with Crippen LogP contribution in [0.5, 0.6) is 5.75 Å². The summed E-state index contributed by atoms with van der Waals surface area (Å²) in [5, 5.41) is 5.35. The van der Waals surface area contributed by atoms with Crippen molar-refractivity contribution in [1.29, 1.82) is 0 Å². The van der Waals surface area contributed by atoms with Crippen LogP contribution in [0.1, 0.15) is 12.5 Å². The number of benzene rings is 3. The fourth-order valence-electron chi connectivity index (χ4n) is 3.36. The minimum atomic E-state index is -4.09. The summed E-state index contributed by atoms with van der Waals surface area (Å²) in [6, 6.07) is 25.0. The van der Waals surface area contributed by atoms with Gasteiger partial charge in [0.25, 0.3) is 0 Å². The normalized spacial score (nSPS) is 13.3. The fourth-order valence-corrected chi connectivity index (χ4v) is 4.32. The number of esters is 1. The highest BCUT2D eigenvalue weighted by Gasteiger charge is 2.26. The average molecular weight is 497 g/mol. The number of rotatable bonds is 12. The molecule has 0 fully saturated rings. The highest BCUT2D eigenvalue weighted by Crippen LogP contribution is 2.41. The van der Waals surface area contributed by atoms with Crippen molar-refractivity contribution in [3.63, 3.8) is 0 Å². The van der Waals surface area contributed by atoms with Crippen LogP contribution in [0.3, 0.4) is 0 Å². The SMILES string of the molecule is CCOC(=O)CNC(=O)[C@H](Cc1ccc(-c2ccccc2)cc1)NCP(=O)(O)Oc1ccccc1. The molecular formula is C26H29N2O6P. The Hall–Kier alpha value is -3.45. The molecule has 3 N–H and O–H groups in total. The maximum atomic E-state index is 12.8. The third-order valence-corrected chi connectivity index (χ3v) is 6.14. The van der Waals surface area contributed by atoms with Crippen molar-refractivity contribution in [3.05, 3.63) is 90.5 Å². The van der Waals surface area contributed by atoms with Gasteiger partial charge in [-0.25, -0.2) is 4.57 Å². The van der Waals surface area contributed by atoms with E-state index >= 15 is 0 Å². The first-order chi connectivity index (χ1) is 16.9. The minimum Gasteiger partial charge on any atom is -0.465 e. The molecule has 0 aliphatic heterocycles. The number of ether oxygens (including phenoxy) is 1. The van der Waals surface area contributed by atoms with Crippen LogP contribution < -0.4 is 15.2 Å². The van der Waals surface area contributed by atoms with Crippen LogP contribution in [0.25, 0.3) is 11.1 Å². The molecule has 0 radical (unpaired) electrons. The first kappa shape index (κ1) is 26.2. The zero-order valence-corrected chi connectivity index (χ0v) is 20.3. The number of amides is 1. The van der Waals surface area contributed by atoms with E-state index in [0.717, 1.165) is 16.7 Å². The Kier molecular flexibility index (Phi) is 9.61. The molecule has 35 heavy (non-hydrogen) atoms. The van der Waals surface area contributed by atoms with E-state index in [9.17, 15) is 19.0 Å². The standard InChI is InChI=1S/C26H29N2O6P/c1-2-33-25(29)18-27-26(30)24(28-19-35(31,32)34-23-11-7-4-8-12-23)17-20-13-15-22(16-14-20)21-9-5-3-6-10-21/h3-16,24,28H,2,17-19H2,1H3,(H,27,30)(H,31,32)/t24-/m0/s1. The van der Waals surface area contributed by atoms with Gasteiger partial charge in [0.05, 0.1) is 12.6 Å². The number of hydrogen-bond donors (Lipinski definition) is 3. The Morgan fingerprint density at radius 2 is 1.51 bits per heavy atom. The Morgan fingerprint density at radius 3 is 2.14 bits per heavy atom. The van der Waals surface area contributed by atoms with Crippen LogP contribution in [0.15, 0.2) is 84.9 Å². The Balaban J connectivity index is 1.68. The van der Waals surface area contributed by atoms with Gasteiger partial charge in [0, 0.05) is 0 Å². The first-order valence-corrected chi connectivity index (χ1v) is 13.0. The van der Waals surface area contributed by atoms with Crippen LogP contribution in [0.2, 0.25) is 0 Å². The predicted molar refractivity (Wildman–Crippen MR) is 134 cm³/mol. The second-order valence-electron chi connectivity index (χ2n) is 7.75. The monoisotopic (exact) mass is 496 g/mol. The Morgan fingerprint density at radius 1 is 0.914 bits per heavy atom. The van der Waals surface area contributed by atoms with Gasteiger partial charge in [0.2, 0.25) is 5.91 Å². The Labute approximate surface area is 204 Å². The lowest BCUT2D eigenvalue weighted by molar-refractivity contribution is -0.143. The number of carbonyl (C=O) groups is 2. The summed E-state index contributed by atoms with van der Waals surface area (Å²) in [7, 11) is -4.09. The summed E-state index contributed by atoms with van der Waals surface area (Å²) >= 11 is 0. The van der Waals surface area contributed by atoms with Crippen LogP contribution in [0, 0.1) is 0 Å². The maximum absolute atomic E-state index is 12.8. The van der Waals surface area contributed by atoms with Crippen molar-refractivity contribution in [2.75, 3.05) is 19.4 Å². The van der Waals surface area contributed by atoms with Crippen molar-refractivity contribution in [2.24, 2.45) is 0 Å². The number of nitrogens with one attached hydrogen (secondary N) is 2. The van der Waals surface area contributed by atoms with Crippen molar-refractivity contribution in [1.82, 2.24) is 10.6 Å². The van der Waals surface area contributed by atoms with Gasteiger partial charge < -0.3 is 19.5 Å². The molecule has 0 saturated carbocycles. The molecule has 3 aromatic rings. The molecule has 0 aliphatic carbocycles. The van der Waals surface area contributed by atoms with Crippen molar-refractivity contribution >= 4 is 19.5 Å². The molecule has 8 nitrogen and oxygen atoms in total. The van der Waals surface area contributed by atoms with Crippen LogP contribution in [-0.2, 0) is 25.3 Å². The smallest absolute Gasteiger partial charge is 0.390 e. The highest BCUT2D eigenvalue weighted by atomic mass is 31.2. The summed E-state index contributed by atoms with van der Waals surface area (Å²) in [5.74, 6) is -0.808. The summed E-state index contributed by atoms with van der Waals surface area (Å²) in [6.45, 7) is 1.58. The summed E-state index contributed by atoms with van der Waals surface area (Å²) in [5.41, 5.74) is 2.94. The fraction of sp³-hybridized carbons (Fsp3) is 0.231. The third kappa shape index (κ3) is 8.68. The lowest BCUT2D eigenvalue weighted by atomic mass is 10.0. The topological polar surface area (TPSA) is 114 Å². The second-order valence-corrected chi connectivity index (χ2v) is 9.52. The first-order valence-electron chi connectivity index (χ1n) is 11.2. The van der Waals surface area contributed by atoms with Crippen molar-refractivity contribution in [2.45, 2.75) is 19.4 Å². The molecule has 2 atom stereocenters. The minimum absolute atomic E-state index is 0.203. The largest absolute Gasteiger partial charge is 0.465 e. The maximum Gasteiger partial charge on any atom is 0.390 e. The van der Waals surface area contributed by atoms with E-state index in [1.54, 1.807) is 37.3 Å². The van der Waals surface area contributed by atoms with E-state index in [1.165, 1.54) is 0 Å². The molecule has 0 heterocycles. The highest BCUT2D eigenvalue weighted by molar-refractivity contribution is 7.53. The van der Waals surface area contributed by atoms with Gasteiger partial charge in [-0.05, 0) is 42.2 Å². The molecule has 0 aliphatic rings. The number of carbonyl (C=O) groups excluding carboxylic acids is 2. The molecule has 0 bridgehead atoms. The van der Waals surface area contributed by atoms with Gasteiger partial charge in [-0.1, -0.05) is 72.8 Å². The predicted octanol–water partition coefficient (Wildman–Crippen LogP) is 3.76. The molecule has 0 aromatic heterocycles. The van der Waals surface area contributed by atoms with E-state index in [4.69, 9.17) is 9.26 Å². The van der Waals surface area contributed by atoms with Gasteiger partial charge in [-0.3, -0.25) is 14.9 Å². The lowest BCUT2D eigenvalue weighted by Gasteiger charge is -2.21. The second kappa shape index (κ2) is 12.9. The van der Waals surface area contributed by atoms with Crippen molar-refractivity contribution in [3.8, 4) is 16.9 Å². The molecule has 1 amide bonds. The van der Waals surface area contributed by atoms with Crippen LogP contribution in [0.4, 0.5) is 0 Å². The van der Waals surface area contributed by atoms with E-state index < -0.39 is 31.8 Å². The zero-order chi connectivity index (χ0) is 25.1. The molecule has 184 valence electrons. The van der Waals surface area contributed by atoms with Gasteiger partial charge >= 0.3 is 13.6 Å². The van der Waals surface area contributed by atoms with E-state index in [2.05, 4.69) is 10.6 Å². The van der Waals surface area contributed by atoms with Crippen LogP contribution >= 0.6 is 7.60 Å². The quantitative estimate of drug-likeness (QED) is 0.258. The molecule has 9 heteroatoms. The van der Waals surface area contributed by atoms with Crippen LogP contribution in [-0.4, -0.2) is 42.2 Å². The van der Waals surface area contributed by atoms with Gasteiger partial charge in [0.1, 0.15) is 18.6 Å². The Bertz CT molecular complexity index is 1140. The van der Waals surface area contributed by atoms with Gasteiger partial charge in [-0.2, -0.15) is 0 Å². The molecule has 0 saturated heterocycles. The average Bonchev–Trinajstić information content (AvgIpc) is 2.86. The molecule has 3 rings (SSSR count). The molecular weight excluding hydrogens is 467 g/mol. The summed E-state index contributed by atoms with van der Waals surface area (Å²) < 4.78 is 22.6. The number of para-hydroxylation sites is 1. The molecule has 0 spiro atoms.